The summed E-state index contributed by atoms with van der Waals surface area (Å²) < 4.78 is 16.9. The molecule has 31 heavy (non-hydrogen) atoms. The summed E-state index contributed by atoms with van der Waals surface area (Å²) in [4.78, 5) is 25.4. The quantitative estimate of drug-likeness (QED) is 0.424. The van der Waals surface area contributed by atoms with Gasteiger partial charge in [0, 0.05) is 17.1 Å². The summed E-state index contributed by atoms with van der Waals surface area (Å²) in [5.74, 6) is 0.819. The van der Waals surface area contributed by atoms with Crippen LogP contribution in [0.4, 0.5) is 5.69 Å². The number of nitrogens with one attached hydrogen (secondary N) is 1. The second kappa shape index (κ2) is 7.50. The van der Waals surface area contributed by atoms with Crippen molar-refractivity contribution in [3.8, 4) is 17.1 Å². The Balaban J connectivity index is 1.48. The van der Waals surface area contributed by atoms with Gasteiger partial charge in [-0.25, -0.2) is 0 Å². The number of amides is 1. The van der Waals surface area contributed by atoms with Gasteiger partial charge in [0.05, 0.1) is 18.1 Å². The van der Waals surface area contributed by atoms with Crippen molar-refractivity contribution in [3.63, 3.8) is 0 Å². The molecular weight excluding hydrogens is 394 g/mol. The van der Waals surface area contributed by atoms with Gasteiger partial charge in [-0.05, 0) is 42.5 Å². The van der Waals surface area contributed by atoms with E-state index in [1.165, 1.54) is 6.07 Å². The van der Waals surface area contributed by atoms with Crippen LogP contribution in [0.15, 0.2) is 92.5 Å². The Morgan fingerprint density at radius 1 is 0.871 bits per heavy atom. The van der Waals surface area contributed by atoms with Crippen LogP contribution in [-0.4, -0.2) is 13.0 Å². The molecule has 1 amide bonds. The van der Waals surface area contributed by atoms with E-state index in [0.717, 1.165) is 5.39 Å². The third kappa shape index (κ3) is 3.44. The highest BCUT2D eigenvalue weighted by Gasteiger charge is 2.15. The van der Waals surface area contributed by atoms with Gasteiger partial charge in [-0.2, -0.15) is 0 Å². The molecule has 2 aromatic heterocycles. The molecule has 5 aromatic rings. The molecule has 3 aromatic carbocycles. The number of carbonyl (C=O) groups is 1. The molecular formula is C25H17NO5. The summed E-state index contributed by atoms with van der Waals surface area (Å²) in [5.41, 5.74) is 1.98. The van der Waals surface area contributed by atoms with Gasteiger partial charge in [-0.3, -0.25) is 9.59 Å². The van der Waals surface area contributed by atoms with Crippen molar-refractivity contribution < 1.29 is 18.4 Å². The van der Waals surface area contributed by atoms with Crippen molar-refractivity contribution in [2.45, 2.75) is 0 Å². The van der Waals surface area contributed by atoms with Crippen LogP contribution >= 0.6 is 0 Å². The molecule has 5 rings (SSSR count). The zero-order valence-electron chi connectivity index (χ0n) is 16.5. The first-order chi connectivity index (χ1) is 15.1. The minimum absolute atomic E-state index is 0.194. The minimum Gasteiger partial charge on any atom is -0.496 e. The fraction of sp³-hybridized carbons (Fsp3) is 0.0400. The van der Waals surface area contributed by atoms with E-state index in [-0.39, 0.29) is 11.2 Å². The van der Waals surface area contributed by atoms with Crippen LogP contribution in [-0.2, 0) is 0 Å². The van der Waals surface area contributed by atoms with Crippen molar-refractivity contribution in [2.75, 3.05) is 12.4 Å². The fourth-order valence-corrected chi connectivity index (χ4v) is 3.50. The van der Waals surface area contributed by atoms with Crippen LogP contribution in [0, 0.1) is 0 Å². The minimum atomic E-state index is -0.398. The lowest BCUT2D eigenvalue weighted by Gasteiger charge is -2.09. The summed E-state index contributed by atoms with van der Waals surface area (Å²) >= 11 is 0. The normalized spacial score (nSPS) is 11.0. The first-order valence-corrected chi connectivity index (χ1v) is 9.63. The Kier molecular flexibility index (Phi) is 4.52. The molecule has 0 aliphatic heterocycles. The highest BCUT2D eigenvalue weighted by molar-refractivity contribution is 6.05. The van der Waals surface area contributed by atoms with Crippen LogP contribution in [0.3, 0.4) is 0 Å². The van der Waals surface area contributed by atoms with E-state index in [1.807, 2.05) is 36.4 Å². The molecule has 0 aliphatic carbocycles. The van der Waals surface area contributed by atoms with Gasteiger partial charge in [-0.1, -0.05) is 30.3 Å². The summed E-state index contributed by atoms with van der Waals surface area (Å²) in [7, 11) is 1.56. The molecule has 6 heteroatoms. The molecule has 2 heterocycles. The number of hydrogen-bond acceptors (Lipinski definition) is 5. The van der Waals surface area contributed by atoms with E-state index < -0.39 is 5.91 Å². The maximum Gasteiger partial charge on any atom is 0.291 e. The molecule has 0 bridgehead atoms. The molecule has 152 valence electrons. The first-order valence-electron chi connectivity index (χ1n) is 9.63. The zero-order chi connectivity index (χ0) is 21.4. The van der Waals surface area contributed by atoms with E-state index >= 15 is 0 Å². The third-order valence-electron chi connectivity index (χ3n) is 5.01. The molecule has 0 radical (unpaired) electrons. The number of rotatable bonds is 4. The Labute approximate surface area is 176 Å². The summed E-state index contributed by atoms with van der Waals surface area (Å²) in [6.45, 7) is 0. The maximum absolute atomic E-state index is 12.8. The zero-order valence-corrected chi connectivity index (χ0v) is 16.5. The van der Waals surface area contributed by atoms with Crippen LogP contribution in [0.25, 0.3) is 33.3 Å². The predicted octanol–water partition coefficient (Wildman–Crippen LogP) is 5.47. The van der Waals surface area contributed by atoms with Crippen molar-refractivity contribution in [1.82, 2.24) is 0 Å². The highest BCUT2D eigenvalue weighted by Crippen LogP contribution is 2.31. The number of carbonyl (C=O) groups excluding carboxylic acids is 1. The van der Waals surface area contributed by atoms with E-state index in [0.29, 0.717) is 39.3 Å². The van der Waals surface area contributed by atoms with Crippen molar-refractivity contribution in [2.24, 2.45) is 0 Å². The van der Waals surface area contributed by atoms with Crippen LogP contribution in [0.5, 0.6) is 5.75 Å². The van der Waals surface area contributed by atoms with Gasteiger partial charge in [0.25, 0.3) is 5.91 Å². The number of para-hydroxylation sites is 2. The SMILES string of the molecule is COc1ccccc1-c1cc(=O)c2cc(NC(=O)c3cc4ccccc4o3)ccc2o1. The van der Waals surface area contributed by atoms with Gasteiger partial charge < -0.3 is 18.9 Å². The lowest BCUT2D eigenvalue weighted by atomic mass is 10.1. The van der Waals surface area contributed by atoms with Crippen molar-refractivity contribution >= 4 is 33.5 Å². The molecule has 1 N–H and O–H groups in total. The lowest BCUT2D eigenvalue weighted by molar-refractivity contribution is 0.0998. The number of anilines is 1. The van der Waals surface area contributed by atoms with Gasteiger partial charge in [0.2, 0.25) is 0 Å². The van der Waals surface area contributed by atoms with E-state index in [9.17, 15) is 9.59 Å². The lowest BCUT2D eigenvalue weighted by Crippen LogP contribution is -2.11. The predicted molar refractivity (Wildman–Crippen MR) is 119 cm³/mol. The van der Waals surface area contributed by atoms with Crippen molar-refractivity contribution in [3.05, 3.63) is 94.8 Å². The molecule has 0 saturated heterocycles. The average Bonchev–Trinajstić information content (AvgIpc) is 3.24. The second-order valence-corrected chi connectivity index (χ2v) is 6.99. The van der Waals surface area contributed by atoms with E-state index in [2.05, 4.69) is 5.32 Å². The molecule has 0 aliphatic rings. The molecule has 0 unspecified atom stereocenters. The standard InChI is InChI=1S/C25H17NO5/c1-29-21-9-5-3-7-17(21)23-14-19(27)18-13-16(10-11-22(18)31-23)26-25(28)24-12-15-6-2-4-8-20(15)30-24/h2-14H,1H3,(H,26,28). The molecule has 0 spiro atoms. The molecule has 0 fully saturated rings. The van der Waals surface area contributed by atoms with Crippen molar-refractivity contribution in [1.29, 1.82) is 0 Å². The van der Waals surface area contributed by atoms with Crippen LogP contribution in [0.2, 0.25) is 0 Å². The Morgan fingerprint density at radius 3 is 2.52 bits per heavy atom. The maximum atomic E-state index is 12.8. The van der Waals surface area contributed by atoms with Gasteiger partial charge in [0.15, 0.2) is 11.2 Å². The Morgan fingerprint density at radius 2 is 1.68 bits per heavy atom. The molecule has 6 nitrogen and oxygen atoms in total. The van der Waals surface area contributed by atoms with E-state index in [4.69, 9.17) is 13.6 Å². The van der Waals surface area contributed by atoms with E-state index in [1.54, 1.807) is 43.5 Å². The number of ether oxygens (including phenoxy) is 1. The second-order valence-electron chi connectivity index (χ2n) is 6.99. The monoisotopic (exact) mass is 411 g/mol. The molecule has 0 atom stereocenters. The number of fused-ring (bicyclic) bond motifs is 2. The Hall–Kier alpha value is -4.32. The van der Waals surface area contributed by atoms with Gasteiger partial charge >= 0.3 is 0 Å². The number of furan rings is 1. The molecule has 0 saturated carbocycles. The summed E-state index contributed by atoms with van der Waals surface area (Å²) in [5, 5.41) is 3.98. The summed E-state index contributed by atoms with van der Waals surface area (Å²) in [6.07, 6.45) is 0. The fourth-order valence-electron chi connectivity index (χ4n) is 3.50. The number of methoxy groups -OCH3 is 1. The Bertz CT molecular complexity index is 1460. The van der Waals surface area contributed by atoms with Crippen LogP contribution in [0.1, 0.15) is 10.6 Å². The van der Waals surface area contributed by atoms with Crippen LogP contribution < -0.4 is 15.5 Å². The third-order valence-corrected chi connectivity index (χ3v) is 5.01. The largest absolute Gasteiger partial charge is 0.496 e. The first kappa shape index (κ1) is 18.7. The average molecular weight is 411 g/mol. The topological polar surface area (TPSA) is 81.7 Å². The van der Waals surface area contributed by atoms with Gasteiger partial charge in [0.1, 0.15) is 22.7 Å². The number of hydrogen-bond donors (Lipinski definition) is 1. The highest BCUT2D eigenvalue weighted by atomic mass is 16.5. The smallest absolute Gasteiger partial charge is 0.291 e. The van der Waals surface area contributed by atoms with Gasteiger partial charge in [-0.15, -0.1) is 0 Å². The number of benzene rings is 3. The summed E-state index contributed by atoms with van der Waals surface area (Å²) in [6, 6.07) is 22.7.